The molecular weight excluding hydrogens is 318 g/mol. The van der Waals surface area contributed by atoms with Crippen LogP contribution in [0.1, 0.15) is 41.3 Å². The summed E-state index contributed by atoms with van der Waals surface area (Å²) < 4.78 is 5.39. The van der Waals surface area contributed by atoms with E-state index in [0.717, 1.165) is 24.4 Å². The largest absolute Gasteiger partial charge is 0.497 e. The molecule has 1 aromatic carbocycles. The zero-order valence-electron chi connectivity index (χ0n) is 14.0. The first kappa shape index (κ1) is 17.0. The molecule has 1 aliphatic heterocycles. The molecule has 1 N–H and O–H groups in total. The Hall–Kier alpha value is -1.80. The lowest BCUT2D eigenvalue weighted by molar-refractivity contribution is 0.141. The van der Waals surface area contributed by atoms with Gasteiger partial charge in [-0.1, -0.05) is 30.4 Å². The van der Waals surface area contributed by atoms with Gasteiger partial charge in [0.25, 0.3) is 0 Å². The molecule has 2 heterocycles. The highest BCUT2D eigenvalue weighted by molar-refractivity contribution is 7.10. The van der Waals surface area contributed by atoms with Crippen molar-refractivity contribution in [1.29, 1.82) is 0 Å². The molecular formula is C20H23NO2S. The Balaban J connectivity index is 1.75. The van der Waals surface area contributed by atoms with E-state index in [4.69, 9.17) is 9.84 Å². The Labute approximate surface area is 147 Å². The van der Waals surface area contributed by atoms with Crippen molar-refractivity contribution in [3.63, 3.8) is 0 Å². The SMILES string of the molecule is COc1cccc(C2CCCCN2Cc2cc(C#CCO)cs2)c1. The monoisotopic (exact) mass is 341 g/mol. The van der Waals surface area contributed by atoms with E-state index in [1.807, 2.05) is 6.07 Å². The lowest BCUT2D eigenvalue weighted by Crippen LogP contribution is -2.32. The number of benzene rings is 1. The molecule has 2 aromatic rings. The number of aliphatic hydroxyl groups excluding tert-OH is 1. The minimum absolute atomic E-state index is 0.0881. The second kappa shape index (κ2) is 8.34. The number of nitrogens with zero attached hydrogens (tertiary/aromatic N) is 1. The minimum atomic E-state index is -0.0881. The number of aliphatic hydroxyl groups is 1. The number of hydrogen-bond donors (Lipinski definition) is 1. The van der Waals surface area contributed by atoms with Crippen LogP contribution in [0.5, 0.6) is 5.75 Å². The fraction of sp³-hybridized carbons (Fsp3) is 0.400. The van der Waals surface area contributed by atoms with Crippen molar-refractivity contribution in [2.75, 3.05) is 20.3 Å². The van der Waals surface area contributed by atoms with Crippen LogP contribution in [0.3, 0.4) is 0 Å². The molecule has 0 bridgehead atoms. The van der Waals surface area contributed by atoms with Gasteiger partial charge in [-0.3, -0.25) is 4.90 Å². The highest BCUT2D eigenvalue weighted by Gasteiger charge is 2.24. The van der Waals surface area contributed by atoms with E-state index in [9.17, 15) is 0 Å². The van der Waals surface area contributed by atoms with E-state index in [1.165, 1.54) is 29.7 Å². The number of piperidine rings is 1. The molecule has 1 aliphatic rings. The number of methoxy groups -OCH3 is 1. The van der Waals surface area contributed by atoms with E-state index in [-0.39, 0.29) is 6.61 Å². The summed E-state index contributed by atoms with van der Waals surface area (Å²) in [4.78, 5) is 3.89. The molecule has 0 radical (unpaired) electrons. The normalized spacial score (nSPS) is 18.0. The Bertz CT molecular complexity index is 728. The molecule has 1 atom stereocenters. The highest BCUT2D eigenvalue weighted by atomic mass is 32.1. The Kier molecular flexibility index (Phi) is 5.92. The summed E-state index contributed by atoms with van der Waals surface area (Å²) in [6.45, 7) is 1.99. The third-order valence-corrected chi connectivity index (χ3v) is 5.34. The van der Waals surface area contributed by atoms with Crippen LogP contribution in [0.4, 0.5) is 0 Å². The molecule has 0 amide bonds. The predicted octanol–water partition coefficient (Wildman–Crippen LogP) is 3.83. The van der Waals surface area contributed by atoms with Gasteiger partial charge in [0.05, 0.1) is 7.11 Å². The van der Waals surface area contributed by atoms with Crippen LogP contribution in [0.25, 0.3) is 0 Å². The molecule has 126 valence electrons. The third kappa shape index (κ3) is 4.18. The van der Waals surface area contributed by atoms with E-state index < -0.39 is 0 Å². The van der Waals surface area contributed by atoms with Crippen molar-refractivity contribution in [1.82, 2.24) is 4.90 Å². The molecule has 1 fully saturated rings. The average Bonchev–Trinajstić information content (AvgIpc) is 3.08. The fourth-order valence-electron chi connectivity index (χ4n) is 3.28. The second-order valence-electron chi connectivity index (χ2n) is 6.02. The van der Waals surface area contributed by atoms with E-state index in [2.05, 4.69) is 46.4 Å². The number of ether oxygens (including phenoxy) is 1. The van der Waals surface area contributed by atoms with Crippen molar-refractivity contribution in [3.05, 3.63) is 51.7 Å². The number of rotatable bonds is 4. The number of thiophene rings is 1. The number of likely N-dealkylation sites (tertiary alicyclic amines) is 1. The second-order valence-corrected chi connectivity index (χ2v) is 7.02. The van der Waals surface area contributed by atoms with Gasteiger partial charge >= 0.3 is 0 Å². The zero-order valence-corrected chi connectivity index (χ0v) is 14.8. The maximum Gasteiger partial charge on any atom is 0.119 e. The van der Waals surface area contributed by atoms with Gasteiger partial charge in [0.2, 0.25) is 0 Å². The van der Waals surface area contributed by atoms with Crippen LogP contribution in [-0.2, 0) is 6.54 Å². The van der Waals surface area contributed by atoms with Gasteiger partial charge in [0.15, 0.2) is 0 Å². The van der Waals surface area contributed by atoms with E-state index in [1.54, 1.807) is 18.4 Å². The quantitative estimate of drug-likeness (QED) is 0.858. The topological polar surface area (TPSA) is 32.7 Å². The maximum atomic E-state index is 8.81. The summed E-state index contributed by atoms with van der Waals surface area (Å²) >= 11 is 1.75. The first-order valence-electron chi connectivity index (χ1n) is 8.35. The summed E-state index contributed by atoms with van der Waals surface area (Å²) in [5, 5.41) is 10.9. The smallest absolute Gasteiger partial charge is 0.119 e. The van der Waals surface area contributed by atoms with Gasteiger partial charge in [-0.05, 0) is 43.1 Å². The lowest BCUT2D eigenvalue weighted by atomic mass is 9.95. The van der Waals surface area contributed by atoms with E-state index >= 15 is 0 Å². The molecule has 1 saturated heterocycles. The highest BCUT2D eigenvalue weighted by Crippen LogP contribution is 2.34. The summed E-state index contributed by atoms with van der Waals surface area (Å²) in [6.07, 6.45) is 3.72. The van der Waals surface area contributed by atoms with Gasteiger partial charge in [-0.15, -0.1) is 11.3 Å². The van der Waals surface area contributed by atoms with E-state index in [0.29, 0.717) is 6.04 Å². The van der Waals surface area contributed by atoms with Crippen LogP contribution in [0.15, 0.2) is 35.7 Å². The van der Waals surface area contributed by atoms with Gasteiger partial charge in [-0.25, -0.2) is 0 Å². The Morgan fingerprint density at radius 3 is 3.08 bits per heavy atom. The summed E-state index contributed by atoms with van der Waals surface area (Å²) in [6, 6.07) is 11.0. The standard InChI is InChI=1S/C20H23NO2S/c1-23-18-8-4-7-17(13-18)20-9-2-3-10-21(20)14-19-12-16(15-24-19)6-5-11-22/h4,7-8,12-13,15,20,22H,2-3,9-11,14H2,1H3. The molecule has 24 heavy (non-hydrogen) atoms. The molecule has 1 unspecified atom stereocenters. The maximum absolute atomic E-state index is 8.81. The molecule has 3 nitrogen and oxygen atoms in total. The first-order valence-corrected chi connectivity index (χ1v) is 9.23. The van der Waals surface area contributed by atoms with Crippen LogP contribution < -0.4 is 4.74 Å². The van der Waals surface area contributed by atoms with Crippen molar-refractivity contribution < 1.29 is 9.84 Å². The molecule has 0 saturated carbocycles. The van der Waals surface area contributed by atoms with Gasteiger partial charge in [0.1, 0.15) is 12.4 Å². The van der Waals surface area contributed by atoms with Crippen molar-refractivity contribution in [3.8, 4) is 17.6 Å². The third-order valence-electron chi connectivity index (χ3n) is 4.42. The van der Waals surface area contributed by atoms with Gasteiger partial charge in [-0.2, -0.15) is 0 Å². The molecule has 0 aliphatic carbocycles. The first-order chi connectivity index (χ1) is 11.8. The van der Waals surface area contributed by atoms with Crippen molar-refractivity contribution >= 4 is 11.3 Å². The summed E-state index contributed by atoms with van der Waals surface area (Å²) in [7, 11) is 1.72. The predicted molar refractivity (Wildman–Crippen MR) is 98.3 cm³/mol. The van der Waals surface area contributed by atoms with Crippen molar-refractivity contribution in [2.45, 2.75) is 31.8 Å². The zero-order chi connectivity index (χ0) is 16.8. The van der Waals surface area contributed by atoms with Crippen LogP contribution in [-0.4, -0.2) is 30.3 Å². The van der Waals surface area contributed by atoms with Crippen molar-refractivity contribution in [2.24, 2.45) is 0 Å². The molecule has 1 aromatic heterocycles. The van der Waals surface area contributed by atoms with Gasteiger partial charge < -0.3 is 9.84 Å². The Morgan fingerprint density at radius 2 is 2.25 bits per heavy atom. The Morgan fingerprint density at radius 1 is 1.33 bits per heavy atom. The summed E-state index contributed by atoms with van der Waals surface area (Å²) in [5.74, 6) is 6.63. The molecule has 4 heteroatoms. The van der Waals surface area contributed by atoms with Gasteiger partial charge in [0, 0.05) is 28.4 Å². The average molecular weight is 341 g/mol. The number of hydrogen-bond acceptors (Lipinski definition) is 4. The summed E-state index contributed by atoms with van der Waals surface area (Å²) in [5.41, 5.74) is 2.34. The van der Waals surface area contributed by atoms with Crippen LogP contribution >= 0.6 is 11.3 Å². The molecule has 3 rings (SSSR count). The lowest BCUT2D eigenvalue weighted by Gasteiger charge is -2.35. The van der Waals surface area contributed by atoms with Crippen LogP contribution in [0, 0.1) is 11.8 Å². The molecule has 0 spiro atoms. The fourth-order valence-corrected chi connectivity index (χ4v) is 4.12. The minimum Gasteiger partial charge on any atom is -0.497 e. The van der Waals surface area contributed by atoms with Crippen LogP contribution in [0.2, 0.25) is 0 Å².